The Morgan fingerprint density at radius 2 is 2.14 bits per heavy atom. The third kappa shape index (κ3) is 2.25. The molecule has 2 aliphatic rings. The highest BCUT2D eigenvalue weighted by molar-refractivity contribution is 5.72. The summed E-state index contributed by atoms with van der Waals surface area (Å²) in [6.07, 6.45) is 4.78. The van der Waals surface area contributed by atoms with Gasteiger partial charge in [-0.2, -0.15) is 0 Å². The van der Waals surface area contributed by atoms with Crippen LogP contribution in [0.5, 0.6) is 0 Å². The normalized spacial score (nSPS) is 32.9. The third-order valence-corrected chi connectivity index (χ3v) is 2.95. The van der Waals surface area contributed by atoms with Gasteiger partial charge in [-0.1, -0.05) is 0 Å². The van der Waals surface area contributed by atoms with Crippen molar-refractivity contribution in [1.29, 1.82) is 0 Å². The number of hydrogen-bond donors (Lipinski definition) is 1. The second-order valence-corrected chi connectivity index (χ2v) is 4.05. The predicted molar refractivity (Wildman–Crippen MR) is 49.1 cm³/mol. The number of aliphatic carboxylic acids is 1. The Kier molecular flexibility index (Phi) is 3.03. The maximum Gasteiger partial charge on any atom is 0.332 e. The van der Waals surface area contributed by atoms with Crippen LogP contribution in [0.3, 0.4) is 0 Å². The molecule has 1 aliphatic heterocycles. The van der Waals surface area contributed by atoms with Crippen molar-refractivity contribution < 1.29 is 19.4 Å². The van der Waals surface area contributed by atoms with Crippen LogP contribution in [-0.2, 0) is 14.3 Å². The first-order valence-corrected chi connectivity index (χ1v) is 5.25. The van der Waals surface area contributed by atoms with Crippen LogP contribution in [0.4, 0.5) is 0 Å². The Morgan fingerprint density at radius 1 is 1.36 bits per heavy atom. The van der Waals surface area contributed by atoms with E-state index in [1.165, 1.54) is 6.42 Å². The lowest BCUT2D eigenvalue weighted by molar-refractivity contribution is -0.151. The maximum absolute atomic E-state index is 10.6. The highest BCUT2D eigenvalue weighted by atomic mass is 16.6. The van der Waals surface area contributed by atoms with Gasteiger partial charge in [0.05, 0.1) is 18.8 Å². The summed E-state index contributed by atoms with van der Waals surface area (Å²) in [6, 6.07) is 0. The number of rotatable bonds is 4. The van der Waals surface area contributed by atoms with Crippen LogP contribution in [0.2, 0.25) is 0 Å². The Hall–Kier alpha value is -0.610. The summed E-state index contributed by atoms with van der Waals surface area (Å²) in [4.78, 5) is 10.6. The molecule has 0 aromatic carbocycles. The summed E-state index contributed by atoms with van der Waals surface area (Å²) < 4.78 is 10.9. The van der Waals surface area contributed by atoms with Crippen LogP contribution < -0.4 is 0 Å². The van der Waals surface area contributed by atoms with Gasteiger partial charge in [-0.05, 0) is 32.1 Å². The van der Waals surface area contributed by atoms with Crippen molar-refractivity contribution in [3.63, 3.8) is 0 Å². The number of hydrogen-bond acceptors (Lipinski definition) is 3. The second kappa shape index (κ2) is 4.28. The summed E-state index contributed by atoms with van der Waals surface area (Å²) in [5.41, 5.74) is 0. The monoisotopic (exact) mass is 200 g/mol. The van der Waals surface area contributed by atoms with E-state index in [0.717, 1.165) is 19.3 Å². The molecule has 1 saturated heterocycles. The fraction of sp³-hybridized carbons (Fsp3) is 0.900. The van der Waals surface area contributed by atoms with Crippen molar-refractivity contribution in [3.8, 4) is 0 Å². The number of carbonyl (C=O) groups is 1. The van der Waals surface area contributed by atoms with Gasteiger partial charge in [0.15, 0.2) is 6.10 Å². The van der Waals surface area contributed by atoms with Gasteiger partial charge >= 0.3 is 5.97 Å². The van der Waals surface area contributed by atoms with Crippen LogP contribution in [0, 0.1) is 0 Å². The summed E-state index contributed by atoms with van der Waals surface area (Å²) in [6.45, 7) is 0.564. The molecule has 0 aromatic rings. The molecule has 4 nitrogen and oxygen atoms in total. The predicted octanol–water partition coefficient (Wildman–Crippen LogP) is 1.19. The first-order chi connectivity index (χ1) is 6.75. The minimum absolute atomic E-state index is 0.00306. The lowest BCUT2D eigenvalue weighted by Crippen LogP contribution is -2.28. The van der Waals surface area contributed by atoms with Crippen LogP contribution in [0.25, 0.3) is 0 Å². The molecule has 1 heterocycles. The van der Waals surface area contributed by atoms with Gasteiger partial charge in [0, 0.05) is 0 Å². The molecule has 1 saturated carbocycles. The van der Waals surface area contributed by atoms with Crippen LogP contribution >= 0.6 is 0 Å². The molecular formula is C10H16O4. The molecular weight excluding hydrogens is 184 g/mol. The van der Waals surface area contributed by atoms with Crippen LogP contribution in [0.1, 0.15) is 32.1 Å². The largest absolute Gasteiger partial charge is 0.479 e. The van der Waals surface area contributed by atoms with Crippen molar-refractivity contribution in [2.24, 2.45) is 0 Å². The van der Waals surface area contributed by atoms with E-state index in [-0.39, 0.29) is 6.10 Å². The summed E-state index contributed by atoms with van der Waals surface area (Å²) in [5.74, 6) is -0.851. The van der Waals surface area contributed by atoms with E-state index >= 15 is 0 Å². The number of ether oxygens (including phenoxy) is 2. The highest BCUT2D eigenvalue weighted by Gasteiger charge is 2.31. The minimum Gasteiger partial charge on any atom is -0.479 e. The van der Waals surface area contributed by atoms with E-state index in [1.54, 1.807) is 0 Å². The average Bonchev–Trinajstić information content (AvgIpc) is 2.50. The SMILES string of the molecule is O=C(O)C1CCC(COC2CCC2)O1. The van der Waals surface area contributed by atoms with Gasteiger partial charge in [0.1, 0.15) is 0 Å². The van der Waals surface area contributed by atoms with E-state index in [9.17, 15) is 4.79 Å². The molecule has 2 atom stereocenters. The standard InChI is InChI=1S/C10H16O4/c11-10(12)9-5-4-8(14-9)6-13-7-2-1-3-7/h7-9H,1-6H2,(H,11,12). The van der Waals surface area contributed by atoms with Gasteiger partial charge in [-0.3, -0.25) is 0 Å². The molecule has 0 spiro atoms. The summed E-state index contributed by atoms with van der Waals surface area (Å²) in [7, 11) is 0. The molecule has 0 bridgehead atoms. The van der Waals surface area contributed by atoms with Gasteiger partial charge in [-0.15, -0.1) is 0 Å². The smallest absolute Gasteiger partial charge is 0.332 e. The topological polar surface area (TPSA) is 55.8 Å². The van der Waals surface area contributed by atoms with Crippen LogP contribution in [0.15, 0.2) is 0 Å². The fourth-order valence-corrected chi connectivity index (χ4v) is 1.79. The maximum atomic E-state index is 10.6. The Bertz CT molecular complexity index is 212. The average molecular weight is 200 g/mol. The Balaban J connectivity index is 1.65. The van der Waals surface area contributed by atoms with E-state index in [4.69, 9.17) is 14.6 Å². The molecule has 0 aromatic heterocycles. The van der Waals surface area contributed by atoms with Crippen molar-refractivity contribution >= 4 is 5.97 Å². The zero-order valence-corrected chi connectivity index (χ0v) is 8.15. The molecule has 1 N–H and O–H groups in total. The van der Waals surface area contributed by atoms with E-state index < -0.39 is 12.1 Å². The van der Waals surface area contributed by atoms with Crippen molar-refractivity contribution in [1.82, 2.24) is 0 Å². The fourth-order valence-electron chi connectivity index (χ4n) is 1.79. The minimum atomic E-state index is -0.851. The molecule has 2 unspecified atom stereocenters. The molecule has 4 heteroatoms. The van der Waals surface area contributed by atoms with Crippen LogP contribution in [-0.4, -0.2) is 36.0 Å². The first-order valence-electron chi connectivity index (χ1n) is 5.25. The third-order valence-electron chi connectivity index (χ3n) is 2.95. The molecule has 0 amide bonds. The lowest BCUT2D eigenvalue weighted by Gasteiger charge is -2.26. The van der Waals surface area contributed by atoms with E-state index in [2.05, 4.69) is 0 Å². The van der Waals surface area contributed by atoms with E-state index in [1.807, 2.05) is 0 Å². The summed E-state index contributed by atoms with van der Waals surface area (Å²) in [5, 5.41) is 8.70. The highest BCUT2D eigenvalue weighted by Crippen LogP contribution is 2.25. The number of carboxylic acids is 1. The zero-order chi connectivity index (χ0) is 9.97. The summed E-state index contributed by atoms with van der Waals surface area (Å²) >= 11 is 0. The molecule has 80 valence electrons. The second-order valence-electron chi connectivity index (χ2n) is 4.05. The van der Waals surface area contributed by atoms with Gasteiger partial charge in [0.25, 0.3) is 0 Å². The molecule has 14 heavy (non-hydrogen) atoms. The Labute approximate surface area is 83.2 Å². The Morgan fingerprint density at radius 3 is 2.64 bits per heavy atom. The quantitative estimate of drug-likeness (QED) is 0.740. The molecule has 0 radical (unpaired) electrons. The molecule has 2 fully saturated rings. The lowest BCUT2D eigenvalue weighted by atomic mass is 9.96. The number of carboxylic acid groups (broad SMARTS) is 1. The van der Waals surface area contributed by atoms with Crippen molar-refractivity contribution in [2.45, 2.75) is 50.4 Å². The van der Waals surface area contributed by atoms with Crippen molar-refractivity contribution in [2.75, 3.05) is 6.61 Å². The molecule has 1 aliphatic carbocycles. The van der Waals surface area contributed by atoms with Crippen molar-refractivity contribution in [3.05, 3.63) is 0 Å². The van der Waals surface area contributed by atoms with Gasteiger partial charge in [0.2, 0.25) is 0 Å². The first kappa shape index (κ1) is 9.93. The zero-order valence-electron chi connectivity index (χ0n) is 8.15. The molecule has 2 rings (SSSR count). The van der Waals surface area contributed by atoms with E-state index in [0.29, 0.717) is 19.1 Å². The van der Waals surface area contributed by atoms with Gasteiger partial charge < -0.3 is 14.6 Å². The van der Waals surface area contributed by atoms with Gasteiger partial charge in [-0.25, -0.2) is 4.79 Å².